The molecule has 0 aliphatic carbocycles. The lowest BCUT2D eigenvalue weighted by atomic mass is 10.2. The Morgan fingerprint density at radius 1 is 1.29 bits per heavy atom. The fraction of sp³-hybridized carbons (Fsp3) is 0.400. The molecule has 132 valence electrons. The maximum Gasteiger partial charge on any atom is 0.389 e. The fourth-order valence-electron chi connectivity index (χ4n) is 1.92. The number of oxazole rings is 1. The van der Waals surface area contributed by atoms with Gasteiger partial charge in [0.2, 0.25) is 5.89 Å². The quantitative estimate of drug-likeness (QED) is 0.697. The third kappa shape index (κ3) is 5.55. The van der Waals surface area contributed by atoms with E-state index in [1.807, 2.05) is 6.92 Å². The first-order valence-corrected chi connectivity index (χ1v) is 8.80. The summed E-state index contributed by atoms with van der Waals surface area (Å²) in [6.45, 7) is 1.91. The molecule has 0 saturated carbocycles. The van der Waals surface area contributed by atoms with Gasteiger partial charge >= 0.3 is 16.3 Å². The minimum Gasteiger partial charge on any atom is -0.444 e. The van der Waals surface area contributed by atoms with Crippen LogP contribution in [0.3, 0.4) is 0 Å². The standard InChI is InChI=1S/C15H16F3NO4S/c1-2-12-10-22-14(19-12)11-5-3-6-13(9-11)23-24(20,21)8-4-7-15(16,17)18/h3,5-6,9-10H,2,4,7-8H2,1H3. The van der Waals surface area contributed by atoms with Crippen molar-refractivity contribution in [2.75, 3.05) is 5.75 Å². The molecule has 0 atom stereocenters. The van der Waals surface area contributed by atoms with Crippen molar-refractivity contribution in [3.05, 3.63) is 36.2 Å². The van der Waals surface area contributed by atoms with Gasteiger partial charge in [0.15, 0.2) is 0 Å². The first kappa shape index (κ1) is 18.3. The van der Waals surface area contributed by atoms with Crippen LogP contribution < -0.4 is 4.18 Å². The summed E-state index contributed by atoms with van der Waals surface area (Å²) in [6.07, 6.45) is -3.93. The van der Waals surface area contributed by atoms with Crippen molar-refractivity contribution in [3.8, 4) is 17.2 Å². The molecule has 0 radical (unpaired) electrons. The highest BCUT2D eigenvalue weighted by atomic mass is 32.2. The molecule has 0 bridgehead atoms. The zero-order chi connectivity index (χ0) is 17.8. The van der Waals surface area contributed by atoms with E-state index in [0.29, 0.717) is 17.9 Å². The zero-order valence-electron chi connectivity index (χ0n) is 12.8. The normalized spacial score (nSPS) is 12.3. The minimum atomic E-state index is -4.39. The van der Waals surface area contributed by atoms with Gasteiger partial charge in [-0.1, -0.05) is 13.0 Å². The number of aromatic nitrogens is 1. The van der Waals surface area contributed by atoms with Gasteiger partial charge in [0.25, 0.3) is 0 Å². The summed E-state index contributed by atoms with van der Waals surface area (Å²) in [5.74, 6) is -0.405. The van der Waals surface area contributed by atoms with Crippen molar-refractivity contribution in [1.29, 1.82) is 0 Å². The van der Waals surface area contributed by atoms with E-state index in [9.17, 15) is 21.6 Å². The van der Waals surface area contributed by atoms with E-state index < -0.39 is 34.9 Å². The number of alkyl halides is 3. The average Bonchev–Trinajstić information content (AvgIpc) is 2.94. The number of hydrogen-bond donors (Lipinski definition) is 0. The molecular formula is C15H16F3NO4S. The molecule has 9 heteroatoms. The summed E-state index contributed by atoms with van der Waals surface area (Å²) in [5, 5.41) is 0. The number of aryl methyl sites for hydroxylation is 1. The number of halogens is 3. The largest absolute Gasteiger partial charge is 0.444 e. The van der Waals surface area contributed by atoms with Gasteiger partial charge in [0.05, 0.1) is 11.4 Å². The molecule has 2 rings (SSSR count). The average molecular weight is 363 g/mol. The van der Waals surface area contributed by atoms with Crippen LogP contribution in [0.1, 0.15) is 25.5 Å². The van der Waals surface area contributed by atoms with Crippen molar-refractivity contribution < 1.29 is 30.2 Å². The maximum atomic E-state index is 12.1. The molecule has 1 aromatic heterocycles. The number of hydrogen-bond acceptors (Lipinski definition) is 5. The molecular weight excluding hydrogens is 347 g/mol. The van der Waals surface area contributed by atoms with Crippen LogP contribution in [0.15, 0.2) is 34.9 Å². The molecule has 2 aromatic rings. The smallest absolute Gasteiger partial charge is 0.389 e. The van der Waals surface area contributed by atoms with Gasteiger partial charge in [0.1, 0.15) is 12.0 Å². The highest BCUT2D eigenvalue weighted by molar-refractivity contribution is 7.87. The molecule has 0 spiro atoms. The number of nitrogens with zero attached hydrogens (tertiary/aromatic N) is 1. The Kier molecular flexibility index (Phi) is 5.53. The van der Waals surface area contributed by atoms with Crippen molar-refractivity contribution in [3.63, 3.8) is 0 Å². The van der Waals surface area contributed by atoms with Gasteiger partial charge in [-0.15, -0.1) is 0 Å². The van der Waals surface area contributed by atoms with Crippen LogP contribution in [0.4, 0.5) is 13.2 Å². The van der Waals surface area contributed by atoms with Crippen LogP contribution in [0, 0.1) is 0 Å². The lowest BCUT2D eigenvalue weighted by Crippen LogP contribution is -2.16. The van der Waals surface area contributed by atoms with Gasteiger partial charge in [0, 0.05) is 12.0 Å². The summed E-state index contributed by atoms with van der Waals surface area (Å²) < 4.78 is 69.9. The Morgan fingerprint density at radius 3 is 2.67 bits per heavy atom. The number of benzene rings is 1. The molecule has 0 unspecified atom stereocenters. The Labute approximate surface area is 137 Å². The van der Waals surface area contributed by atoms with Gasteiger partial charge < -0.3 is 8.60 Å². The zero-order valence-corrected chi connectivity index (χ0v) is 13.7. The van der Waals surface area contributed by atoms with E-state index in [1.165, 1.54) is 18.4 Å². The van der Waals surface area contributed by atoms with Crippen LogP contribution in [-0.2, 0) is 16.5 Å². The number of rotatable bonds is 7. The first-order chi connectivity index (χ1) is 11.2. The van der Waals surface area contributed by atoms with Crippen LogP contribution in [0.5, 0.6) is 5.75 Å². The van der Waals surface area contributed by atoms with E-state index in [2.05, 4.69) is 4.98 Å². The molecule has 0 N–H and O–H groups in total. The lowest BCUT2D eigenvalue weighted by molar-refractivity contribution is -0.134. The van der Waals surface area contributed by atoms with Crippen molar-refractivity contribution in [1.82, 2.24) is 4.98 Å². The molecule has 24 heavy (non-hydrogen) atoms. The van der Waals surface area contributed by atoms with Crippen LogP contribution in [0.2, 0.25) is 0 Å². The topological polar surface area (TPSA) is 69.4 Å². The van der Waals surface area contributed by atoms with E-state index >= 15 is 0 Å². The Bertz CT molecular complexity index is 784. The highest BCUT2D eigenvalue weighted by Gasteiger charge is 2.27. The molecule has 0 aliphatic rings. The van der Waals surface area contributed by atoms with Crippen LogP contribution in [-0.4, -0.2) is 25.3 Å². The second-order valence-electron chi connectivity index (χ2n) is 5.09. The van der Waals surface area contributed by atoms with Crippen LogP contribution in [0.25, 0.3) is 11.5 Å². The molecule has 0 amide bonds. The lowest BCUT2D eigenvalue weighted by Gasteiger charge is -2.09. The molecule has 1 aromatic carbocycles. The van der Waals surface area contributed by atoms with Crippen molar-refractivity contribution in [2.24, 2.45) is 0 Å². The Balaban J connectivity index is 2.05. The minimum absolute atomic E-state index is 0.00393. The summed E-state index contributed by atoms with van der Waals surface area (Å²) in [6, 6.07) is 6.02. The summed E-state index contributed by atoms with van der Waals surface area (Å²) in [7, 11) is -4.11. The third-order valence-corrected chi connectivity index (χ3v) is 4.31. The fourth-order valence-corrected chi connectivity index (χ4v) is 2.90. The predicted molar refractivity (Wildman–Crippen MR) is 81.0 cm³/mol. The molecule has 0 saturated heterocycles. The Morgan fingerprint density at radius 2 is 2.04 bits per heavy atom. The SMILES string of the molecule is CCc1coc(-c2cccc(OS(=O)(=O)CCCC(F)(F)F)c2)n1. The van der Waals surface area contributed by atoms with E-state index in [1.54, 1.807) is 12.1 Å². The van der Waals surface area contributed by atoms with Gasteiger partial charge in [-0.25, -0.2) is 4.98 Å². The van der Waals surface area contributed by atoms with Gasteiger partial charge in [-0.2, -0.15) is 21.6 Å². The Hall–Kier alpha value is -2.03. The summed E-state index contributed by atoms with van der Waals surface area (Å²) >= 11 is 0. The van der Waals surface area contributed by atoms with E-state index in [0.717, 1.165) is 5.69 Å². The highest BCUT2D eigenvalue weighted by Crippen LogP contribution is 2.25. The molecule has 1 heterocycles. The van der Waals surface area contributed by atoms with Crippen LogP contribution >= 0.6 is 0 Å². The monoisotopic (exact) mass is 363 g/mol. The second-order valence-corrected chi connectivity index (χ2v) is 6.78. The first-order valence-electron chi connectivity index (χ1n) is 7.22. The van der Waals surface area contributed by atoms with Gasteiger partial charge in [-0.3, -0.25) is 0 Å². The second kappa shape index (κ2) is 7.25. The molecule has 0 aliphatic heterocycles. The molecule has 5 nitrogen and oxygen atoms in total. The summed E-state index contributed by atoms with van der Waals surface area (Å²) in [5.41, 5.74) is 1.26. The van der Waals surface area contributed by atoms with Crippen molar-refractivity contribution in [2.45, 2.75) is 32.4 Å². The summed E-state index contributed by atoms with van der Waals surface area (Å²) in [4.78, 5) is 4.22. The molecule has 0 fully saturated rings. The van der Waals surface area contributed by atoms with Crippen molar-refractivity contribution >= 4 is 10.1 Å². The van der Waals surface area contributed by atoms with Gasteiger partial charge in [-0.05, 0) is 31.0 Å². The maximum absolute atomic E-state index is 12.1. The van der Waals surface area contributed by atoms with E-state index in [4.69, 9.17) is 8.60 Å². The predicted octanol–water partition coefficient (Wildman–Crippen LogP) is 3.96. The third-order valence-electron chi connectivity index (χ3n) is 3.07. The van der Waals surface area contributed by atoms with E-state index in [-0.39, 0.29) is 5.75 Å².